The van der Waals surface area contributed by atoms with Gasteiger partial charge in [-0.05, 0) is 68.6 Å². The van der Waals surface area contributed by atoms with Crippen LogP contribution in [0.2, 0.25) is 0 Å². The second kappa shape index (κ2) is 8.10. The van der Waals surface area contributed by atoms with Crippen LogP contribution in [0.25, 0.3) is 0 Å². The number of benzene rings is 2. The van der Waals surface area contributed by atoms with E-state index in [0.717, 1.165) is 24.8 Å². The summed E-state index contributed by atoms with van der Waals surface area (Å²) in [5.41, 5.74) is 7.74. The first-order valence-corrected chi connectivity index (χ1v) is 10.6. The van der Waals surface area contributed by atoms with E-state index in [-0.39, 0.29) is 16.8 Å². The van der Waals surface area contributed by atoms with Crippen LogP contribution in [0.4, 0.5) is 5.69 Å². The molecule has 6 nitrogen and oxygen atoms in total. The molecular formula is C20H25N3O3S. The maximum absolute atomic E-state index is 12.5. The Kier molecular flexibility index (Phi) is 5.82. The molecule has 0 saturated heterocycles. The number of rotatable bonds is 6. The highest BCUT2D eigenvalue weighted by molar-refractivity contribution is 7.92. The predicted octanol–water partition coefficient (Wildman–Crippen LogP) is 2.65. The van der Waals surface area contributed by atoms with Crippen molar-refractivity contribution >= 4 is 21.6 Å². The number of anilines is 1. The maximum atomic E-state index is 12.5. The summed E-state index contributed by atoms with van der Waals surface area (Å²) in [6.07, 6.45) is 3.03. The van der Waals surface area contributed by atoms with Gasteiger partial charge in [0, 0.05) is 17.3 Å². The lowest BCUT2D eigenvalue weighted by atomic mass is 10.0. The number of amides is 1. The number of hydrogen-bond acceptors (Lipinski definition) is 4. The van der Waals surface area contributed by atoms with Gasteiger partial charge in [-0.3, -0.25) is 9.52 Å². The Morgan fingerprint density at radius 2 is 1.74 bits per heavy atom. The molecule has 2 aromatic rings. The van der Waals surface area contributed by atoms with Gasteiger partial charge in [0.1, 0.15) is 0 Å². The first-order chi connectivity index (χ1) is 12.9. The molecule has 1 aliphatic carbocycles. The van der Waals surface area contributed by atoms with E-state index in [0.29, 0.717) is 23.7 Å². The number of nitrogens with two attached hydrogens (primary N) is 1. The van der Waals surface area contributed by atoms with Crippen molar-refractivity contribution < 1.29 is 13.2 Å². The Morgan fingerprint density at radius 3 is 2.37 bits per heavy atom. The van der Waals surface area contributed by atoms with E-state index in [2.05, 4.69) is 10.0 Å². The van der Waals surface area contributed by atoms with Crippen molar-refractivity contribution in [2.45, 2.75) is 37.1 Å². The Morgan fingerprint density at radius 1 is 1.07 bits per heavy atom. The van der Waals surface area contributed by atoms with Crippen LogP contribution < -0.4 is 15.8 Å². The lowest BCUT2D eigenvalue weighted by Gasteiger charge is -2.19. The van der Waals surface area contributed by atoms with E-state index in [1.54, 1.807) is 12.1 Å². The average molecular weight is 388 g/mol. The van der Waals surface area contributed by atoms with Crippen molar-refractivity contribution in [2.75, 3.05) is 11.3 Å². The van der Waals surface area contributed by atoms with Gasteiger partial charge in [-0.15, -0.1) is 0 Å². The fourth-order valence-electron chi connectivity index (χ4n) is 3.38. The van der Waals surface area contributed by atoms with E-state index in [1.807, 2.05) is 19.1 Å². The van der Waals surface area contributed by atoms with Crippen LogP contribution in [-0.2, 0) is 10.0 Å². The van der Waals surface area contributed by atoms with Crippen LogP contribution in [-0.4, -0.2) is 26.9 Å². The molecule has 144 valence electrons. The highest BCUT2D eigenvalue weighted by atomic mass is 32.2. The molecule has 2 aromatic carbocycles. The molecule has 1 fully saturated rings. The third kappa shape index (κ3) is 4.67. The van der Waals surface area contributed by atoms with Gasteiger partial charge in [0.25, 0.3) is 15.9 Å². The lowest BCUT2D eigenvalue weighted by Crippen LogP contribution is -2.39. The summed E-state index contributed by atoms with van der Waals surface area (Å²) in [6.45, 7) is 2.50. The van der Waals surface area contributed by atoms with Crippen LogP contribution in [0.1, 0.15) is 35.2 Å². The van der Waals surface area contributed by atoms with Gasteiger partial charge in [0.05, 0.1) is 4.90 Å². The topological polar surface area (TPSA) is 101 Å². The van der Waals surface area contributed by atoms with Crippen molar-refractivity contribution in [1.82, 2.24) is 5.32 Å². The summed E-state index contributed by atoms with van der Waals surface area (Å²) < 4.78 is 27.5. The maximum Gasteiger partial charge on any atom is 0.261 e. The molecule has 0 aliphatic heterocycles. The smallest absolute Gasteiger partial charge is 0.261 e. The third-order valence-electron chi connectivity index (χ3n) is 5.01. The molecule has 2 atom stereocenters. The van der Waals surface area contributed by atoms with Gasteiger partial charge < -0.3 is 11.1 Å². The van der Waals surface area contributed by atoms with Crippen molar-refractivity contribution in [2.24, 2.45) is 11.7 Å². The first kappa shape index (κ1) is 19.4. The van der Waals surface area contributed by atoms with Crippen LogP contribution in [0.3, 0.4) is 0 Å². The highest BCUT2D eigenvalue weighted by Crippen LogP contribution is 2.25. The molecule has 0 aromatic heterocycles. The number of sulfonamides is 1. The minimum Gasteiger partial charge on any atom is -0.349 e. The molecule has 0 spiro atoms. The Bertz CT molecular complexity index is 893. The molecule has 0 bridgehead atoms. The summed E-state index contributed by atoms with van der Waals surface area (Å²) in [6, 6.07) is 13.1. The van der Waals surface area contributed by atoms with Gasteiger partial charge in [-0.2, -0.15) is 0 Å². The van der Waals surface area contributed by atoms with E-state index in [1.165, 1.54) is 24.3 Å². The fraction of sp³-hybridized carbons (Fsp3) is 0.350. The number of hydrogen-bond donors (Lipinski definition) is 3. The molecule has 27 heavy (non-hydrogen) atoms. The van der Waals surface area contributed by atoms with Crippen molar-refractivity contribution in [1.29, 1.82) is 0 Å². The molecule has 4 N–H and O–H groups in total. The van der Waals surface area contributed by atoms with Gasteiger partial charge >= 0.3 is 0 Å². The van der Waals surface area contributed by atoms with Gasteiger partial charge in [-0.1, -0.05) is 24.1 Å². The molecule has 3 rings (SSSR count). The highest BCUT2D eigenvalue weighted by Gasteiger charge is 2.27. The molecular weight excluding hydrogens is 362 g/mol. The van der Waals surface area contributed by atoms with E-state index in [9.17, 15) is 13.2 Å². The number of carbonyl (C=O) groups is 1. The SMILES string of the molecule is Cc1ccc(NS(=O)(=O)c2ccc(C(=O)NC3CCCC3CN)cc2)cc1. The zero-order valence-corrected chi connectivity index (χ0v) is 16.1. The third-order valence-corrected chi connectivity index (χ3v) is 6.41. The van der Waals surface area contributed by atoms with Crippen molar-refractivity contribution in [3.8, 4) is 0 Å². The quantitative estimate of drug-likeness (QED) is 0.709. The van der Waals surface area contributed by atoms with Crippen LogP contribution >= 0.6 is 0 Å². The van der Waals surface area contributed by atoms with E-state index in [4.69, 9.17) is 5.73 Å². The second-order valence-corrected chi connectivity index (χ2v) is 8.68. The molecule has 0 radical (unpaired) electrons. The Labute approximate surface area is 160 Å². The zero-order chi connectivity index (χ0) is 19.4. The van der Waals surface area contributed by atoms with E-state index < -0.39 is 10.0 Å². The Hall–Kier alpha value is -2.38. The normalized spacial score (nSPS) is 19.6. The average Bonchev–Trinajstić information content (AvgIpc) is 3.10. The fourth-order valence-corrected chi connectivity index (χ4v) is 4.44. The van der Waals surface area contributed by atoms with E-state index >= 15 is 0 Å². The largest absolute Gasteiger partial charge is 0.349 e. The molecule has 1 amide bonds. The van der Waals surface area contributed by atoms with Crippen LogP contribution in [0.15, 0.2) is 53.4 Å². The molecule has 1 saturated carbocycles. The summed E-state index contributed by atoms with van der Waals surface area (Å²) >= 11 is 0. The standard InChI is InChI=1S/C20H25N3O3S/c1-14-5-9-17(10-6-14)23-27(25,26)18-11-7-15(8-12-18)20(24)22-19-4-2-3-16(19)13-21/h5-12,16,19,23H,2-4,13,21H2,1H3,(H,22,24). The Balaban J connectivity index is 1.68. The van der Waals surface area contributed by atoms with Crippen molar-refractivity contribution in [3.05, 3.63) is 59.7 Å². The van der Waals surface area contributed by atoms with Crippen LogP contribution in [0, 0.1) is 12.8 Å². The molecule has 0 heterocycles. The van der Waals surface area contributed by atoms with Gasteiger partial charge in [0.15, 0.2) is 0 Å². The summed E-state index contributed by atoms with van der Waals surface area (Å²) in [7, 11) is -3.70. The number of carbonyl (C=O) groups excluding carboxylic acids is 1. The summed E-state index contributed by atoms with van der Waals surface area (Å²) in [4.78, 5) is 12.5. The minimum atomic E-state index is -3.70. The predicted molar refractivity (Wildman–Crippen MR) is 106 cm³/mol. The first-order valence-electron chi connectivity index (χ1n) is 9.09. The number of nitrogens with one attached hydrogen (secondary N) is 2. The summed E-state index contributed by atoms with van der Waals surface area (Å²) in [5.74, 6) is 0.114. The zero-order valence-electron chi connectivity index (χ0n) is 15.3. The van der Waals surface area contributed by atoms with Gasteiger partial charge in [0.2, 0.25) is 0 Å². The van der Waals surface area contributed by atoms with Crippen molar-refractivity contribution in [3.63, 3.8) is 0 Å². The lowest BCUT2D eigenvalue weighted by molar-refractivity contribution is 0.0928. The minimum absolute atomic E-state index is 0.0918. The second-order valence-electron chi connectivity index (χ2n) is 7.00. The summed E-state index contributed by atoms with van der Waals surface area (Å²) in [5, 5.41) is 3.02. The van der Waals surface area contributed by atoms with Gasteiger partial charge in [-0.25, -0.2) is 8.42 Å². The molecule has 2 unspecified atom stereocenters. The number of aryl methyl sites for hydroxylation is 1. The molecule has 7 heteroatoms. The monoisotopic (exact) mass is 387 g/mol. The molecule has 1 aliphatic rings. The van der Waals surface area contributed by atoms with Crippen LogP contribution in [0.5, 0.6) is 0 Å².